The van der Waals surface area contributed by atoms with E-state index in [1.54, 1.807) is 7.05 Å². The Balaban J connectivity index is 2.18. The Morgan fingerprint density at radius 2 is 2.38 bits per heavy atom. The smallest absolute Gasteiger partial charge is 0.287 e. The Bertz CT molecular complexity index is 554. The number of aliphatic hydroxyl groups is 1. The van der Waals surface area contributed by atoms with Gasteiger partial charge in [-0.15, -0.1) is 0 Å². The molecule has 2 N–H and O–H groups in total. The lowest BCUT2D eigenvalue weighted by Gasteiger charge is -2.39. The highest BCUT2D eigenvalue weighted by Gasteiger charge is 2.36. The first-order valence-electron chi connectivity index (χ1n) is 7.11. The van der Waals surface area contributed by atoms with Crippen molar-refractivity contribution in [2.75, 3.05) is 6.61 Å². The Kier molecular flexibility index (Phi) is 4.32. The van der Waals surface area contributed by atoms with Crippen LogP contribution in [-0.2, 0) is 7.05 Å². The maximum absolute atomic E-state index is 12.4. The second kappa shape index (κ2) is 5.85. The number of rotatable bonds is 4. The third kappa shape index (κ3) is 3.24. The van der Waals surface area contributed by atoms with E-state index in [2.05, 4.69) is 12.2 Å². The minimum absolute atomic E-state index is 0.113. The van der Waals surface area contributed by atoms with Crippen molar-refractivity contribution in [3.8, 4) is 0 Å². The van der Waals surface area contributed by atoms with E-state index in [4.69, 9.17) is 0 Å². The molecule has 7 nitrogen and oxygen atoms in total. The molecule has 0 aromatic carbocycles. The normalized spacial score (nSPS) is 25.6. The highest BCUT2D eigenvalue weighted by Crippen LogP contribution is 2.32. The van der Waals surface area contributed by atoms with E-state index in [1.807, 2.05) is 0 Å². The van der Waals surface area contributed by atoms with Gasteiger partial charge in [-0.05, 0) is 18.8 Å². The Labute approximate surface area is 123 Å². The van der Waals surface area contributed by atoms with Crippen LogP contribution in [0.25, 0.3) is 0 Å². The number of nitrogens with zero attached hydrogens (tertiary/aromatic N) is 2. The second-order valence-corrected chi connectivity index (χ2v) is 6.05. The van der Waals surface area contributed by atoms with Gasteiger partial charge >= 0.3 is 0 Å². The molecule has 0 radical (unpaired) electrons. The number of nitrogens with one attached hydrogen (secondary N) is 1. The molecule has 0 spiro atoms. The van der Waals surface area contributed by atoms with Gasteiger partial charge < -0.3 is 15.0 Å². The van der Waals surface area contributed by atoms with Crippen molar-refractivity contribution in [1.82, 2.24) is 9.88 Å². The molecule has 2 unspecified atom stereocenters. The van der Waals surface area contributed by atoms with Crippen LogP contribution in [0, 0.1) is 16.0 Å². The topological polar surface area (TPSA) is 97.4 Å². The number of carbonyl (C=O) groups is 1. The van der Waals surface area contributed by atoms with Crippen LogP contribution in [0.5, 0.6) is 0 Å². The van der Waals surface area contributed by atoms with E-state index in [9.17, 15) is 20.0 Å². The fraction of sp³-hybridized carbons (Fsp3) is 0.643. The van der Waals surface area contributed by atoms with Gasteiger partial charge in [0.1, 0.15) is 5.69 Å². The van der Waals surface area contributed by atoms with Crippen LogP contribution in [0.1, 0.15) is 43.1 Å². The Morgan fingerprint density at radius 1 is 1.67 bits per heavy atom. The van der Waals surface area contributed by atoms with Crippen molar-refractivity contribution in [3.63, 3.8) is 0 Å². The zero-order valence-electron chi connectivity index (χ0n) is 12.3. The van der Waals surface area contributed by atoms with Crippen LogP contribution < -0.4 is 5.32 Å². The largest absolute Gasteiger partial charge is 0.394 e. The summed E-state index contributed by atoms with van der Waals surface area (Å²) in [4.78, 5) is 22.6. The number of carbonyl (C=O) groups excluding carboxylic acids is 1. The quantitative estimate of drug-likeness (QED) is 0.651. The van der Waals surface area contributed by atoms with Gasteiger partial charge in [-0.25, -0.2) is 0 Å². The summed E-state index contributed by atoms with van der Waals surface area (Å²) in [5.41, 5.74) is -0.501. The molecule has 1 amide bonds. The molecular formula is C14H21N3O4. The number of hydrogen-bond acceptors (Lipinski definition) is 4. The molecular weight excluding hydrogens is 274 g/mol. The molecule has 1 aromatic heterocycles. The van der Waals surface area contributed by atoms with E-state index >= 15 is 0 Å². The summed E-state index contributed by atoms with van der Waals surface area (Å²) in [6.07, 6.45) is 4.81. The van der Waals surface area contributed by atoms with Crippen LogP contribution >= 0.6 is 0 Å². The van der Waals surface area contributed by atoms with Gasteiger partial charge in [-0.3, -0.25) is 14.9 Å². The lowest BCUT2D eigenvalue weighted by molar-refractivity contribution is -0.384. The summed E-state index contributed by atoms with van der Waals surface area (Å²) in [6.45, 7) is 1.98. The fourth-order valence-corrected chi connectivity index (χ4v) is 3.13. The summed E-state index contributed by atoms with van der Waals surface area (Å²) >= 11 is 0. The number of hydrogen-bond donors (Lipinski definition) is 2. The number of amides is 1. The van der Waals surface area contributed by atoms with Gasteiger partial charge in [0.15, 0.2) is 0 Å². The molecule has 21 heavy (non-hydrogen) atoms. The maximum atomic E-state index is 12.4. The first-order valence-corrected chi connectivity index (χ1v) is 7.11. The van der Waals surface area contributed by atoms with Crippen molar-refractivity contribution >= 4 is 11.6 Å². The molecule has 2 atom stereocenters. The summed E-state index contributed by atoms with van der Waals surface area (Å²) in [7, 11) is 1.59. The SMILES string of the molecule is CC1CCCC(CO)(NC(=O)c2cc([N+](=O)[O-])cn2C)C1. The van der Waals surface area contributed by atoms with Crippen molar-refractivity contribution < 1.29 is 14.8 Å². The number of aryl methyl sites for hydroxylation is 1. The molecule has 1 heterocycles. The molecule has 1 saturated carbocycles. The summed E-state index contributed by atoms with van der Waals surface area (Å²) < 4.78 is 1.44. The molecule has 116 valence electrons. The van der Waals surface area contributed by atoms with Gasteiger partial charge in [0.25, 0.3) is 11.6 Å². The maximum Gasteiger partial charge on any atom is 0.287 e. The first kappa shape index (κ1) is 15.5. The van der Waals surface area contributed by atoms with E-state index in [-0.39, 0.29) is 23.9 Å². The summed E-state index contributed by atoms with van der Waals surface area (Å²) in [6, 6.07) is 1.26. The lowest BCUT2D eigenvalue weighted by atomic mass is 9.77. The summed E-state index contributed by atoms with van der Waals surface area (Å²) in [5.74, 6) is 0.0581. The second-order valence-electron chi connectivity index (χ2n) is 6.05. The zero-order valence-corrected chi connectivity index (χ0v) is 12.3. The molecule has 2 rings (SSSR count). The monoisotopic (exact) mass is 295 g/mol. The predicted octanol–water partition coefficient (Wildman–Crippen LogP) is 1.60. The van der Waals surface area contributed by atoms with Crippen LogP contribution in [0.3, 0.4) is 0 Å². The zero-order chi connectivity index (χ0) is 15.6. The van der Waals surface area contributed by atoms with Gasteiger partial charge in [0.2, 0.25) is 0 Å². The molecule has 1 aromatic rings. The Hall–Kier alpha value is -1.89. The molecule has 0 aliphatic heterocycles. The van der Waals surface area contributed by atoms with E-state index < -0.39 is 10.5 Å². The van der Waals surface area contributed by atoms with Gasteiger partial charge in [-0.1, -0.05) is 19.8 Å². The average molecular weight is 295 g/mol. The van der Waals surface area contributed by atoms with Crippen molar-refractivity contribution in [2.45, 2.75) is 38.1 Å². The third-order valence-corrected chi connectivity index (χ3v) is 4.21. The van der Waals surface area contributed by atoms with Gasteiger partial charge in [-0.2, -0.15) is 0 Å². The molecule has 1 aliphatic rings. The minimum atomic E-state index is -0.617. The average Bonchev–Trinajstić information content (AvgIpc) is 2.81. The number of nitro groups is 1. The molecule has 0 saturated heterocycles. The van der Waals surface area contributed by atoms with Crippen LogP contribution in [0.2, 0.25) is 0 Å². The summed E-state index contributed by atoms with van der Waals surface area (Å²) in [5, 5.41) is 23.3. The fourth-order valence-electron chi connectivity index (χ4n) is 3.13. The van der Waals surface area contributed by atoms with E-state index in [0.29, 0.717) is 5.92 Å². The van der Waals surface area contributed by atoms with E-state index in [0.717, 1.165) is 25.7 Å². The standard InChI is InChI=1S/C14H21N3O4/c1-10-4-3-5-14(7-10,9-18)15-13(19)12-6-11(17(20)21)8-16(12)2/h6,8,10,18H,3-5,7,9H2,1-2H3,(H,15,19). The highest BCUT2D eigenvalue weighted by atomic mass is 16.6. The van der Waals surface area contributed by atoms with Crippen molar-refractivity contribution in [3.05, 3.63) is 28.1 Å². The van der Waals surface area contributed by atoms with Gasteiger partial charge in [0, 0.05) is 13.1 Å². The molecule has 0 bridgehead atoms. The molecule has 7 heteroatoms. The van der Waals surface area contributed by atoms with Crippen LogP contribution in [-0.4, -0.2) is 32.6 Å². The first-order chi connectivity index (χ1) is 9.87. The van der Waals surface area contributed by atoms with Crippen molar-refractivity contribution in [1.29, 1.82) is 0 Å². The number of aromatic nitrogens is 1. The minimum Gasteiger partial charge on any atom is -0.394 e. The lowest BCUT2D eigenvalue weighted by Crippen LogP contribution is -2.54. The molecule has 1 fully saturated rings. The van der Waals surface area contributed by atoms with Gasteiger partial charge in [0.05, 0.1) is 23.3 Å². The van der Waals surface area contributed by atoms with Crippen LogP contribution in [0.15, 0.2) is 12.3 Å². The Morgan fingerprint density at radius 3 is 2.90 bits per heavy atom. The van der Waals surface area contributed by atoms with Crippen LogP contribution in [0.4, 0.5) is 5.69 Å². The third-order valence-electron chi connectivity index (χ3n) is 4.21. The number of aliphatic hydroxyl groups excluding tert-OH is 1. The van der Waals surface area contributed by atoms with E-state index in [1.165, 1.54) is 16.8 Å². The highest BCUT2D eigenvalue weighted by molar-refractivity contribution is 5.94. The predicted molar refractivity (Wildman–Crippen MR) is 77.0 cm³/mol. The van der Waals surface area contributed by atoms with Crippen molar-refractivity contribution in [2.24, 2.45) is 13.0 Å². The molecule has 1 aliphatic carbocycles.